The summed E-state index contributed by atoms with van der Waals surface area (Å²) in [6.07, 6.45) is 7.20. The van der Waals surface area contributed by atoms with Crippen molar-refractivity contribution in [1.82, 2.24) is 15.5 Å². The van der Waals surface area contributed by atoms with E-state index in [0.717, 1.165) is 19.3 Å². The summed E-state index contributed by atoms with van der Waals surface area (Å²) in [6.45, 7) is 9.69. The molecule has 1 aromatic rings. The molecule has 0 aromatic heterocycles. The molecule has 0 radical (unpaired) electrons. The van der Waals surface area contributed by atoms with E-state index in [4.69, 9.17) is 16.9 Å². The summed E-state index contributed by atoms with van der Waals surface area (Å²) in [5.41, 5.74) is 5.77. The van der Waals surface area contributed by atoms with E-state index in [-0.39, 0.29) is 12.5 Å². The van der Waals surface area contributed by atoms with Crippen molar-refractivity contribution in [2.45, 2.75) is 84.4 Å². The van der Waals surface area contributed by atoms with Crippen molar-refractivity contribution in [3.8, 4) is 12.3 Å². The fraction of sp³-hybridized carbons (Fsp3) is 0.556. The summed E-state index contributed by atoms with van der Waals surface area (Å²) in [4.78, 5) is 52.8. The number of terminal acetylenes is 1. The van der Waals surface area contributed by atoms with Gasteiger partial charge in [0.25, 0.3) is 0 Å². The van der Waals surface area contributed by atoms with Crippen LogP contribution < -0.4 is 16.4 Å². The molecular formula is C27H40N4O5. The predicted molar refractivity (Wildman–Crippen MR) is 139 cm³/mol. The third-order valence-corrected chi connectivity index (χ3v) is 5.21. The third-order valence-electron chi connectivity index (χ3n) is 5.21. The molecule has 0 heterocycles. The van der Waals surface area contributed by atoms with Crippen LogP contribution >= 0.6 is 0 Å². The Morgan fingerprint density at radius 3 is 2.19 bits per heavy atom. The van der Waals surface area contributed by atoms with Gasteiger partial charge in [-0.3, -0.25) is 14.4 Å². The van der Waals surface area contributed by atoms with Crippen molar-refractivity contribution in [3.63, 3.8) is 0 Å². The monoisotopic (exact) mass is 500 g/mol. The highest BCUT2D eigenvalue weighted by atomic mass is 16.6. The van der Waals surface area contributed by atoms with Crippen LogP contribution in [0.2, 0.25) is 0 Å². The molecule has 0 aliphatic carbocycles. The molecule has 198 valence electrons. The molecule has 9 nitrogen and oxygen atoms in total. The van der Waals surface area contributed by atoms with E-state index >= 15 is 0 Å². The number of unbranched alkanes of at least 4 members (excludes halogenated alkanes) is 2. The molecule has 0 spiro atoms. The van der Waals surface area contributed by atoms with Crippen LogP contribution in [0.25, 0.3) is 0 Å². The summed E-state index contributed by atoms with van der Waals surface area (Å²) in [5, 5.41) is 5.36. The van der Waals surface area contributed by atoms with Crippen molar-refractivity contribution in [3.05, 3.63) is 35.4 Å². The average molecular weight is 501 g/mol. The van der Waals surface area contributed by atoms with E-state index in [1.165, 1.54) is 4.90 Å². The van der Waals surface area contributed by atoms with Crippen molar-refractivity contribution in [1.29, 1.82) is 0 Å². The number of nitrogens with two attached hydrogens (primary N) is 1. The molecule has 2 atom stereocenters. The minimum Gasteiger partial charge on any atom is -0.444 e. The van der Waals surface area contributed by atoms with Crippen molar-refractivity contribution >= 4 is 23.8 Å². The minimum absolute atomic E-state index is 0.226. The molecule has 2 unspecified atom stereocenters. The lowest BCUT2D eigenvalue weighted by Gasteiger charge is -2.34. The maximum Gasteiger partial charge on any atom is 0.408 e. The number of ether oxygens (including phenoxy) is 1. The highest BCUT2D eigenvalue weighted by Gasteiger charge is 2.36. The number of alkyl carbamates (subject to hydrolysis) is 1. The smallest absolute Gasteiger partial charge is 0.408 e. The fourth-order valence-corrected chi connectivity index (χ4v) is 3.47. The first-order valence-corrected chi connectivity index (χ1v) is 12.4. The average Bonchev–Trinajstić information content (AvgIpc) is 2.79. The van der Waals surface area contributed by atoms with Crippen molar-refractivity contribution < 1.29 is 23.9 Å². The normalized spacial score (nSPS) is 12.6. The molecule has 0 fully saturated rings. The number of carbonyl (C=O) groups excluding carboxylic acids is 4. The molecule has 9 heteroatoms. The van der Waals surface area contributed by atoms with E-state index in [2.05, 4.69) is 16.6 Å². The van der Waals surface area contributed by atoms with Gasteiger partial charge in [0.1, 0.15) is 17.7 Å². The first-order valence-electron chi connectivity index (χ1n) is 12.4. The Bertz CT molecular complexity index is 931. The summed E-state index contributed by atoms with van der Waals surface area (Å²) in [6, 6.07) is 4.51. The van der Waals surface area contributed by atoms with Gasteiger partial charge >= 0.3 is 6.09 Å². The number of hydrogen-bond acceptors (Lipinski definition) is 5. The van der Waals surface area contributed by atoms with Gasteiger partial charge in [-0.1, -0.05) is 44.7 Å². The van der Waals surface area contributed by atoms with Gasteiger partial charge in [-0.2, -0.15) is 0 Å². The molecule has 0 aliphatic rings. The van der Waals surface area contributed by atoms with Gasteiger partial charge < -0.3 is 26.0 Å². The second-order valence-electron chi connectivity index (χ2n) is 9.57. The van der Waals surface area contributed by atoms with E-state index in [1.54, 1.807) is 45.0 Å². The van der Waals surface area contributed by atoms with E-state index in [9.17, 15) is 19.2 Å². The number of hydrogen-bond donors (Lipinski definition) is 3. The summed E-state index contributed by atoms with van der Waals surface area (Å²) < 4.78 is 5.27. The van der Waals surface area contributed by atoms with Crippen LogP contribution in [0.1, 0.15) is 83.9 Å². The first kappa shape index (κ1) is 30.5. The highest BCUT2D eigenvalue weighted by Crippen LogP contribution is 2.24. The van der Waals surface area contributed by atoms with E-state index in [0.29, 0.717) is 24.1 Å². The maximum atomic E-state index is 13.8. The quantitative estimate of drug-likeness (QED) is 0.283. The Hall–Kier alpha value is -3.54. The molecule has 0 saturated carbocycles. The number of nitrogens with one attached hydrogen (secondary N) is 2. The van der Waals surface area contributed by atoms with Gasteiger partial charge in [0.15, 0.2) is 0 Å². The summed E-state index contributed by atoms with van der Waals surface area (Å²) >= 11 is 0. The Morgan fingerprint density at radius 2 is 1.69 bits per heavy atom. The van der Waals surface area contributed by atoms with Crippen LogP contribution in [-0.2, 0) is 19.1 Å². The minimum atomic E-state index is -1.30. The topological polar surface area (TPSA) is 131 Å². The number of benzene rings is 1. The Kier molecular flexibility index (Phi) is 12.5. The van der Waals surface area contributed by atoms with Crippen LogP contribution in [-0.4, -0.2) is 53.4 Å². The predicted octanol–water partition coefficient (Wildman–Crippen LogP) is 3.02. The lowest BCUT2D eigenvalue weighted by molar-refractivity contribution is -0.143. The van der Waals surface area contributed by atoms with E-state index < -0.39 is 42.0 Å². The lowest BCUT2D eigenvalue weighted by atomic mass is 10.00. The van der Waals surface area contributed by atoms with Crippen LogP contribution in [0.5, 0.6) is 0 Å². The Balaban J connectivity index is 3.45. The zero-order valence-electron chi connectivity index (χ0n) is 22.1. The van der Waals surface area contributed by atoms with Crippen molar-refractivity contribution in [2.75, 3.05) is 13.1 Å². The third kappa shape index (κ3) is 10.4. The van der Waals surface area contributed by atoms with Gasteiger partial charge in [0, 0.05) is 18.7 Å². The van der Waals surface area contributed by atoms with Crippen LogP contribution in [0.15, 0.2) is 24.3 Å². The van der Waals surface area contributed by atoms with Gasteiger partial charge in [-0.05, 0) is 51.3 Å². The maximum absolute atomic E-state index is 13.8. The molecule has 1 aromatic carbocycles. The molecule has 4 amide bonds. The molecule has 4 N–H and O–H groups in total. The Morgan fingerprint density at radius 1 is 1.08 bits per heavy atom. The lowest BCUT2D eigenvalue weighted by Crippen LogP contribution is -2.54. The van der Waals surface area contributed by atoms with E-state index in [1.807, 2.05) is 13.8 Å². The molecule has 0 aliphatic heterocycles. The number of rotatable bonds is 13. The van der Waals surface area contributed by atoms with Crippen LogP contribution in [0, 0.1) is 12.3 Å². The highest BCUT2D eigenvalue weighted by molar-refractivity contribution is 5.94. The fourth-order valence-electron chi connectivity index (χ4n) is 3.47. The van der Waals surface area contributed by atoms with Gasteiger partial charge in [0.05, 0.1) is 6.42 Å². The van der Waals surface area contributed by atoms with Crippen LogP contribution in [0.3, 0.4) is 0 Å². The standard InChI is InChI=1S/C27H40N4O5/c1-7-10-16-29-24(33)23(20-14-12-19(9-3)13-15-20)31(17-11-8-2)25(34)21(18-22(28)32)30-26(35)36-27(4,5)6/h3,12-15,21,23H,7-8,10-11,16-18H2,1-2,4-6H3,(H2,28,32)(H,29,33)(H,30,35). The number of nitrogens with zero attached hydrogens (tertiary/aromatic N) is 1. The second kappa shape index (κ2) is 14.8. The first-order chi connectivity index (χ1) is 16.9. The molecule has 0 bridgehead atoms. The van der Waals surface area contributed by atoms with Gasteiger partial charge in [0.2, 0.25) is 17.7 Å². The van der Waals surface area contributed by atoms with Crippen LogP contribution in [0.4, 0.5) is 4.79 Å². The zero-order chi connectivity index (χ0) is 27.3. The second-order valence-corrected chi connectivity index (χ2v) is 9.57. The largest absolute Gasteiger partial charge is 0.444 e. The van der Waals surface area contributed by atoms with Gasteiger partial charge in [-0.25, -0.2) is 4.79 Å². The van der Waals surface area contributed by atoms with Gasteiger partial charge in [-0.15, -0.1) is 6.42 Å². The van der Waals surface area contributed by atoms with Crippen molar-refractivity contribution in [2.24, 2.45) is 5.73 Å². The zero-order valence-corrected chi connectivity index (χ0v) is 22.1. The Labute approximate surface area is 214 Å². The molecule has 36 heavy (non-hydrogen) atoms. The summed E-state index contributed by atoms with van der Waals surface area (Å²) in [7, 11) is 0. The number of primary amides is 1. The number of carbonyl (C=O) groups is 4. The molecular weight excluding hydrogens is 460 g/mol. The summed E-state index contributed by atoms with van der Waals surface area (Å²) in [5.74, 6) is 0.790. The number of amides is 4. The molecule has 0 saturated heterocycles. The SMILES string of the molecule is C#Cc1ccc(C(C(=O)NCCCC)N(CCCC)C(=O)C(CC(N)=O)NC(=O)OC(C)(C)C)cc1. The molecule has 1 rings (SSSR count).